The van der Waals surface area contributed by atoms with E-state index >= 15 is 0 Å². The summed E-state index contributed by atoms with van der Waals surface area (Å²) in [5.41, 5.74) is 8.95. The van der Waals surface area contributed by atoms with Gasteiger partial charge in [-0.3, -0.25) is 4.79 Å². The monoisotopic (exact) mass is 458 g/mol. The third kappa shape index (κ3) is 3.91. The van der Waals surface area contributed by atoms with Gasteiger partial charge < -0.3 is 24.8 Å². The number of aromatic nitrogens is 4. The molecule has 1 amide bonds. The van der Waals surface area contributed by atoms with Gasteiger partial charge in [-0.1, -0.05) is 0 Å². The van der Waals surface area contributed by atoms with Crippen molar-refractivity contribution in [2.75, 3.05) is 18.9 Å². The van der Waals surface area contributed by atoms with Crippen molar-refractivity contribution >= 4 is 22.6 Å². The van der Waals surface area contributed by atoms with Crippen molar-refractivity contribution in [3.05, 3.63) is 46.9 Å². The summed E-state index contributed by atoms with van der Waals surface area (Å²) in [5, 5.41) is 8.42. The number of alkyl halides is 2. The molecular formula is C21H20F2N6O4. The molecule has 33 heavy (non-hydrogen) atoms. The van der Waals surface area contributed by atoms with E-state index in [1.165, 1.54) is 18.3 Å². The Morgan fingerprint density at radius 3 is 2.79 bits per heavy atom. The molecule has 5 heterocycles. The second kappa shape index (κ2) is 8.45. The number of ether oxygens (including phenoxy) is 3. The SMILES string of the molecule is C[C@H]1COC[C@@H](c2ccc(OC(F)F)nn2)N1C(=O)c1cc2c3c(c(N)nc2cn1)COC3. The highest BCUT2D eigenvalue weighted by atomic mass is 19.3. The predicted octanol–water partition coefficient (Wildman–Crippen LogP) is 2.24. The number of nitrogen functional groups attached to an aromatic ring is 1. The minimum atomic E-state index is -3.00. The number of morpholine rings is 1. The number of nitrogens with zero attached hydrogens (tertiary/aromatic N) is 5. The maximum atomic E-state index is 13.6. The summed E-state index contributed by atoms with van der Waals surface area (Å²) < 4.78 is 40.2. The van der Waals surface area contributed by atoms with E-state index in [-0.39, 0.29) is 30.1 Å². The summed E-state index contributed by atoms with van der Waals surface area (Å²) in [6.07, 6.45) is 1.52. The molecule has 2 atom stereocenters. The molecule has 3 aromatic rings. The Kier molecular flexibility index (Phi) is 5.46. The number of carbonyl (C=O) groups is 1. The van der Waals surface area contributed by atoms with Crippen LogP contribution >= 0.6 is 0 Å². The second-order valence-corrected chi connectivity index (χ2v) is 7.82. The van der Waals surface area contributed by atoms with Crippen LogP contribution in [0, 0.1) is 0 Å². The fourth-order valence-corrected chi connectivity index (χ4v) is 4.17. The average molecular weight is 458 g/mol. The number of hydrogen-bond acceptors (Lipinski definition) is 9. The van der Waals surface area contributed by atoms with Gasteiger partial charge in [0, 0.05) is 17.0 Å². The number of carbonyl (C=O) groups excluding carboxylic acids is 1. The first kappa shape index (κ1) is 21.3. The van der Waals surface area contributed by atoms with Crippen LogP contribution in [0.4, 0.5) is 14.6 Å². The highest BCUT2D eigenvalue weighted by molar-refractivity contribution is 5.97. The van der Waals surface area contributed by atoms with Crippen LogP contribution in [-0.2, 0) is 22.7 Å². The summed E-state index contributed by atoms with van der Waals surface area (Å²) in [4.78, 5) is 23.9. The second-order valence-electron chi connectivity index (χ2n) is 7.82. The Morgan fingerprint density at radius 1 is 1.21 bits per heavy atom. The molecule has 0 radical (unpaired) electrons. The third-order valence-electron chi connectivity index (χ3n) is 5.73. The minimum absolute atomic E-state index is 0.175. The van der Waals surface area contributed by atoms with Gasteiger partial charge in [0.1, 0.15) is 11.5 Å². The van der Waals surface area contributed by atoms with Crippen molar-refractivity contribution in [3.63, 3.8) is 0 Å². The molecule has 3 aromatic heterocycles. The molecule has 1 saturated heterocycles. The van der Waals surface area contributed by atoms with E-state index in [2.05, 4.69) is 24.9 Å². The molecule has 12 heteroatoms. The number of amides is 1. The van der Waals surface area contributed by atoms with Crippen molar-refractivity contribution < 1.29 is 27.8 Å². The summed E-state index contributed by atoms with van der Waals surface area (Å²) in [7, 11) is 0. The molecule has 0 unspecified atom stereocenters. The first-order valence-electron chi connectivity index (χ1n) is 10.3. The zero-order valence-corrected chi connectivity index (χ0v) is 17.6. The third-order valence-corrected chi connectivity index (χ3v) is 5.73. The fraction of sp³-hybridized carbons (Fsp3) is 0.381. The predicted molar refractivity (Wildman–Crippen MR) is 110 cm³/mol. The largest absolute Gasteiger partial charge is 0.415 e. The molecule has 2 aliphatic rings. The molecule has 2 N–H and O–H groups in total. The lowest BCUT2D eigenvalue weighted by Gasteiger charge is -2.39. The zero-order chi connectivity index (χ0) is 23.1. The highest BCUT2D eigenvalue weighted by Crippen LogP contribution is 2.33. The molecule has 2 aliphatic heterocycles. The fourth-order valence-electron chi connectivity index (χ4n) is 4.17. The molecule has 0 bridgehead atoms. The summed E-state index contributed by atoms with van der Waals surface area (Å²) >= 11 is 0. The molecule has 0 spiro atoms. The number of fused-ring (bicyclic) bond motifs is 3. The Bertz CT molecular complexity index is 1210. The van der Waals surface area contributed by atoms with Gasteiger partial charge in [-0.05, 0) is 24.6 Å². The van der Waals surface area contributed by atoms with Crippen LogP contribution in [0.5, 0.6) is 5.88 Å². The van der Waals surface area contributed by atoms with Crippen LogP contribution in [0.3, 0.4) is 0 Å². The van der Waals surface area contributed by atoms with E-state index in [4.69, 9.17) is 15.2 Å². The number of hydrogen-bond donors (Lipinski definition) is 1. The number of nitrogens with two attached hydrogens (primary N) is 1. The van der Waals surface area contributed by atoms with Gasteiger partial charge >= 0.3 is 6.61 Å². The maximum absolute atomic E-state index is 13.6. The average Bonchev–Trinajstić information content (AvgIpc) is 3.30. The molecule has 172 valence electrons. The van der Waals surface area contributed by atoms with Crippen LogP contribution in [0.2, 0.25) is 0 Å². The van der Waals surface area contributed by atoms with Gasteiger partial charge in [-0.15, -0.1) is 10.2 Å². The van der Waals surface area contributed by atoms with Crippen LogP contribution in [0.15, 0.2) is 24.4 Å². The van der Waals surface area contributed by atoms with E-state index in [0.717, 1.165) is 16.5 Å². The van der Waals surface area contributed by atoms with Crippen molar-refractivity contribution in [1.82, 2.24) is 25.1 Å². The van der Waals surface area contributed by atoms with E-state index in [1.807, 2.05) is 6.92 Å². The van der Waals surface area contributed by atoms with Crippen LogP contribution in [-0.4, -0.2) is 56.8 Å². The molecule has 0 saturated carbocycles. The van der Waals surface area contributed by atoms with E-state index in [0.29, 0.717) is 36.8 Å². The lowest BCUT2D eigenvalue weighted by atomic mass is 10.0. The van der Waals surface area contributed by atoms with Gasteiger partial charge in [-0.2, -0.15) is 8.78 Å². The molecule has 1 fully saturated rings. The standard InChI is InChI=1S/C21H20F2N6O4/c1-10-6-31-9-17(14-2-3-18(28-27-14)33-21(22)23)29(10)20(30)15-4-11-12-7-32-8-13(12)19(24)26-16(11)5-25-15/h2-5,10,17,21H,6-9H2,1H3,(H2,24,26)/t10-,17-/m0/s1. The summed E-state index contributed by atoms with van der Waals surface area (Å²) in [6.45, 7) is 0.112. The normalized spacial score (nSPS) is 20.3. The lowest BCUT2D eigenvalue weighted by molar-refractivity contribution is -0.0538. The summed E-state index contributed by atoms with van der Waals surface area (Å²) in [5.74, 6) is -0.233. The van der Waals surface area contributed by atoms with Gasteiger partial charge in [0.05, 0.1) is 55.9 Å². The van der Waals surface area contributed by atoms with E-state index in [1.54, 1.807) is 11.0 Å². The van der Waals surface area contributed by atoms with Gasteiger partial charge in [0.15, 0.2) is 0 Å². The van der Waals surface area contributed by atoms with Crippen LogP contribution < -0.4 is 10.5 Å². The first-order chi connectivity index (χ1) is 15.9. The maximum Gasteiger partial charge on any atom is 0.388 e. The number of pyridine rings is 2. The van der Waals surface area contributed by atoms with Gasteiger partial charge in [-0.25, -0.2) is 9.97 Å². The Hall–Kier alpha value is -3.51. The molecule has 0 aromatic carbocycles. The lowest BCUT2D eigenvalue weighted by Crippen LogP contribution is -2.49. The highest BCUT2D eigenvalue weighted by Gasteiger charge is 2.36. The van der Waals surface area contributed by atoms with Crippen LogP contribution in [0.1, 0.15) is 40.3 Å². The zero-order valence-electron chi connectivity index (χ0n) is 17.6. The van der Waals surface area contributed by atoms with Crippen LogP contribution in [0.25, 0.3) is 10.9 Å². The van der Waals surface area contributed by atoms with Crippen molar-refractivity contribution in [3.8, 4) is 5.88 Å². The molecule has 5 rings (SSSR count). The van der Waals surface area contributed by atoms with E-state index in [9.17, 15) is 13.6 Å². The quantitative estimate of drug-likeness (QED) is 0.626. The smallest absolute Gasteiger partial charge is 0.388 e. The molecule has 0 aliphatic carbocycles. The van der Waals surface area contributed by atoms with Crippen molar-refractivity contribution in [1.29, 1.82) is 0 Å². The Morgan fingerprint density at radius 2 is 2.03 bits per heavy atom. The first-order valence-corrected chi connectivity index (χ1v) is 10.3. The van der Waals surface area contributed by atoms with Gasteiger partial charge in [0.25, 0.3) is 5.91 Å². The number of rotatable bonds is 4. The minimum Gasteiger partial charge on any atom is -0.415 e. The van der Waals surface area contributed by atoms with Gasteiger partial charge in [0.2, 0.25) is 5.88 Å². The Balaban J connectivity index is 1.49. The number of halogens is 2. The molecular weight excluding hydrogens is 438 g/mol. The van der Waals surface area contributed by atoms with Crippen molar-refractivity contribution in [2.45, 2.75) is 38.8 Å². The molecule has 10 nitrogen and oxygen atoms in total. The number of anilines is 1. The van der Waals surface area contributed by atoms with E-state index < -0.39 is 12.7 Å². The topological polar surface area (TPSA) is 126 Å². The Labute approximate surface area is 186 Å². The van der Waals surface area contributed by atoms with Crippen molar-refractivity contribution in [2.24, 2.45) is 0 Å². The summed E-state index contributed by atoms with van der Waals surface area (Å²) in [6, 6.07) is 3.60.